The molecule has 0 unspecified atom stereocenters. The van der Waals surface area contributed by atoms with Crippen LogP contribution in [0.2, 0.25) is 0 Å². The monoisotopic (exact) mass is 382 g/mol. The summed E-state index contributed by atoms with van der Waals surface area (Å²) in [6.45, 7) is -2.92. The maximum atomic E-state index is 12.3. The van der Waals surface area contributed by atoms with Gasteiger partial charge in [-0.05, 0) is 48.5 Å². The predicted molar refractivity (Wildman–Crippen MR) is 96.1 cm³/mol. The van der Waals surface area contributed by atoms with Gasteiger partial charge in [-0.25, -0.2) is 4.98 Å². The van der Waals surface area contributed by atoms with Crippen LogP contribution in [-0.2, 0) is 0 Å². The molecule has 0 saturated heterocycles. The molecule has 4 aromatic rings. The minimum absolute atomic E-state index is 0.0306. The van der Waals surface area contributed by atoms with Crippen LogP contribution in [-0.4, -0.2) is 27.7 Å². The predicted octanol–water partition coefficient (Wildman–Crippen LogP) is 4.14. The van der Waals surface area contributed by atoms with E-state index >= 15 is 0 Å². The number of amides is 1. The second-order valence-electron chi connectivity index (χ2n) is 5.73. The van der Waals surface area contributed by atoms with Crippen molar-refractivity contribution in [1.82, 2.24) is 15.2 Å². The summed E-state index contributed by atoms with van der Waals surface area (Å²) in [7, 11) is 0. The minimum atomic E-state index is -2.92. The molecule has 9 heteroatoms. The van der Waals surface area contributed by atoms with Gasteiger partial charge in [0.2, 0.25) is 0 Å². The van der Waals surface area contributed by atoms with Crippen LogP contribution in [0.1, 0.15) is 10.4 Å². The van der Waals surface area contributed by atoms with Gasteiger partial charge in [-0.2, -0.15) is 8.78 Å². The number of nitrogens with zero attached hydrogens (tertiary/aromatic N) is 3. The summed E-state index contributed by atoms with van der Waals surface area (Å²) in [6, 6.07) is 12.5. The van der Waals surface area contributed by atoms with E-state index in [2.05, 4.69) is 25.2 Å². The number of hydrogen-bond acceptors (Lipinski definition) is 6. The highest BCUT2D eigenvalue weighted by Gasteiger charge is 2.11. The van der Waals surface area contributed by atoms with Gasteiger partial charge >= 0.3 is 6.61 Å². The van der Waals surface area contributed by atoms with Crippen LogP contribution in [0.15, 0.2) is 65.5 Å². The lowest BCUT2D eigenvalue weighted by atomic mass is 10.1. The minimum Gasteiger partial charge on any atom is -0.444 e. The summed E-state index contributed by atoms with van der Waals surface area (Å²) in [5.74, 6) is 0.371. The zero-order valence-electron chi connectivity index (χ0n) is 14.2. The lowest BCUT2D eigenvalue weighted by Gasteiger charge is -2.07. The van der Waals surface area contributed by atoms with E-state index in [0.29, 0.717) is 11.3 Å². The molecular weight excluding hydrogens is 370 g/mol. The Balaban J connectivity index is 1.54. The number of carbonyl (C=O) groups is 1. The first-order chi connectivity index (χ1) is 13.6. The quantitative estimate of drug-likeness (QED) is 0.558. The smallest absolute Gasteiger partial charge is 0.387 e. The van der Waals surface area contributed by atoms with Crippen molar-refractivity contribution in [3.8, 4) is 17.1 Å². The van der Waals surface area contributed by atoms with Crippen molar-refractivity contribution in [2.75, 3.05) is 5.32 Å². The molecule has 0 atom stereocenters. The van der Waals surface area contributed by atoms with Gasteiger partial charge in [0.25, 0.3) is 5.91 Å². The summed E-state index contributed by atoms with van der Waals surface area (Å²) < 4.78 is 33.9. The van der Waals surface area contributed by atoms with Crippen LogP contribution in [0.4, 0.5) is 14.6 Å². The molecule has 7 nitrogen and oxygen atoms in total. The largest absolute Gasteiger partial charge is 0.444 e. The molecule has 28 heavy (non-hydrogen) atoms. The lowest BCUT2D eigenvalue weighted by molar-refractivity contribution is -0.0498. The molecular formula is C19H12F2N4O3. The third-order valence-electron chi connectivity index (χ3n) is 3.89. The summed E-state index contributed by atoms with van der Waals surface area (Å²) in [6.07, 6.45) is 2.94. The number of nitrogens with one attached hydrogen (secondary N) is 1. The van der Waals surface area contributed by atoms with Crippen molar-refractivity contribution in [1.29, 1.82) is 0 Å². The van der Waals surface area contributed by atoms with Crippen LogP contribution in [0, 0.1) is 0 Å². The third kappa shape index (κ3) is 3.78. The van der Waals surface area contributed by atoms with Gasteiger partial charge in [-0.3, -0.25) is 4.79 Å². The first kappa shape index (κ1) is 17.5. The average molecular weight is 382 g/mol. The number of fused-ring (bicyclic) bond motifs is 1. The fourth-order valence-corrected chi connectivity index (χ4v) is 2.59. The number of hydrogen-bond donors (Lipinski definition) is 1. The molecule has 0 fully saturated rings. The zero-order chi connectivity index (χ0) is 19.5. The summed E-state index contributed by atoms with van der Waals surface area (Å²) in [4.78, 5) is 16.2. The van der Waals surface area contributed by atoms with E-state index in [0.717, 1.165) is 10.9 Å². The molecule has 0 spiro atoms. The van der Waals surface area contributed by atoms with E-state index in [-0.39, 0.29) is 17.1 Å². The number of carbonyl (C=O) groups excluding carboxylic acids is 1. The average Bonchev–Trinajstić information content (AvgIpc) is 3.22. The Labute approximate surface area is 157 Å². The third-order valence-corrected chi connectivity index (χ3v) is 3.89. The van der Waals surface area contributed by atoms with E-state index in [9.17, 15) is 13.6 Å². The van der Waals surface area contributed by atoms with Crippen molar-refractivity contribution in [2.45, 2.75) is 6.61 Å². The molecule has 0 aliphatic rings. The number of oxazole rings is 1. The van der Waals surface area contributed by atoms with Crippen molar-refractivity contribution < 1.29 is 22.7 Å². The Hall–Kier alpha value is -3.88. The molecule has 2 aromatic carbocycles. The summed E-state index contributed by atoms with van der Waals surface area (Å²) >= 11 is 0. The number of aromatic nitrogens is 3. The Kier molecular flexibility index (Phi) is 4.63. The highest BCUT2D eigenvalue weighted by atomic mass is 19.3. The van der Waals surface area contributed by atoms with E-state index in [4.69, 9.17) is 4.42 Å². The van der Waals surface area contributed by atoms with Crippen molar-refractivity contribution in [3.05, 3.63) is 66.7 Å². The number of alkyl halides is 2. The number of ether oxygens (including phenoxy) is 1. The number of benzene rings is 2. The van der Waals surface area contributed by atoms with E-state index < -0.39 is 12.5 Å². The topological polar surface area (TPSA) is 90.1 Å². The molecule has 1 amide bonds. The lowest BCUT2D eigenvalue weighted by Crippen LogP contribution is -2.13. The Morgan fingerprint density at radius 2 is 1.89 bits per heavy atom. The van der Waals surface area contributed by atoms with Gasteiger partial charge < -0.3 is 14.5 Å². The van der Waals surface area contributed by atoms with Crippen LogP contribution in [0.3, 0.4) is 0 Å². The Morgan fingerprint density at radius 1 is 1.07 bits per heavy atom. The molecule has 0 aliphatic carbocycles. The SMILES string of the molecule is O=C(Nc1cc2cc(-c3cnco3)ccc2nn1)c1ccc(OC(F)F)cc1. The van der Waals surface area contributed by atoms with Crippen LogP contribution >= 0.6 is 0 Å². The number of halogens is 2. The normalized spacial score (nSPS) is 11.0. The molecule has 0 radical (unpaired) electrons. The highest BCUT2D eigenvalue weighted by Crippen LogP contribution is 2.24. The standard InChI is InChI=1S/C19H12F2N4O3/c20-19(21)28-14-4-1-11(2-5-14)18(26)23-17-8-13-7-12(16-9-22-10-27-16)3-6-15(13)24-25-17/h1-10,19H,(H,23,25,26). The second-order valence-corrected chi connectivity index (χ2v) is 5.73. The Morgan fingerprint density at radius 3 is 2.61 bits per heavy atom. The first-order valence-corrected chi connectivity index (χ1v) is 8.11. The molecule has 0 saturated carbocycles. The molecule has 0 aliphatic heterocycles. The molecule has 140 valence electrons. The van der Waals surface area contributed by atoms with Crippen LogP contribution in [0.25, 0.3) is 22.2 Å². The van der Waals surface area contributed by atoms with E-state index in [1.54, 1.807) is 18.3 Å². The van der Waals surface area contributed by atoms with E-state index in [1.807, 2.05) is 12.1 Å². The summed E-state index contributed by atoms with van der Waals surface area (Å²) in [5.41, 5.74) is 1.72. The fourth-order valence-electron chi connectivity index (χ4n) is 2.59. The number of rotatable bonds is 5. The number of anilines is 1. The van der Waals surface area contributed by atoms with Crippen LogP contribution in [0.5, 0.6) is 5.75 Å². The van der Waals surface area contributed by atoms with Gasteiger partial charge in [-0.15, -0.1) is 10.2 Å². The van der Waals surface area contributed by atoms with Gasteiger partial charge in [0, 0.05) is 16.5 Å². The van der Waals surface area contributed by atoms with E-state index in [1.165, 1.54) is 30.7 Å². The Bertz CT molecular complexity index is 1120. The van der Waals surface area contributed by atoms with Crippen molar-refractivity contribution in [2.24, 2.45) is 0 Å². The molecule has 0 bridgehead atoms. The molecule has 2 aromatic heterocycles. The molecule has 2 heterocycles. The van der Waals surface area contributed by atoms with Gasteiger partial charge in [0.15, 0.2) is 18.0 Å². The van der Waals surface area contributed by atoms with Gasteiger partial charge in [-0.1, -0.05) is 0 Å². The maximum Gasteiger partial charge on any atom is 0.387 e. The molecule has 4 rings (SSSR count). The fraction of sp³-hybridized carbons (Fsp3) is 0.0526. The summed E-state index contributed by atoms with van der Waals surface area (Å²) in [5, 5.41) is 11.4. The highest BCUT2D eigenvalue weighted by molar-refractivity contribution is 6.04. The second kappa shape index (κ2) is 7.39. The maximum absolute atomic E-state index is 12.3. The molecule has 1 N–H and O–H groups in total. The van der Waals surface area contributed by atoms with Gasteiger partial charge in [0.05, 0.1) is 11.7 Å². The first-order valence-electron chi connectivity index (χ1n) is 8.11. The van der Waals surface area contributed by atoms with Crippen molar-refractivity contribution >= 4 is 22.6 Å². The van der Waals surface area contributed by atoms with Crippen LogP contribution < -0.4 is 10.1 Å². The van der Waals surface area contributed by atoms with Gasteiger partial charge in [0.1, 0.15) is 5.75 Å². The zero-order valence-corrected chi connectivity index (χ0v) is 14.2. The van der Waals surface area contributed by atoms with Crippen molar-refractivity contribution in [3.63, 3.8) is 0 Å².